The highest BCUT2D eigenvalue weighted by Crippen LogP contribution is 2.20. The highest BCUT2D eigenvalue weighted by Gasteiger charge is 2.10. The van der Waals surface area contributed by atoms with Gasteiger partial charge in [-0.25, -0.2) is 0 Å². The van der Waals surface area contributed by atoms with Gasteiger partial charge in [0.2, 0.25) is 5.91 Å². The normalized spacial score (nSPS) is 12.0. The smallest absolute Gasteiger partial charge is 0.222 e. The molecule has 0 aliphatic rings. The van der Waals surface area contributed by atoms with Crippen LogP contribution < -0.4 is 10.1 Å². The van der Waals surface area contributed by atoms with Crippen LogP contribution in [0.4, 0.5) is 0 Å². The topological polar surface area (TPSA) is 60.5 Å². The largest absolute Gasteiger partial charge is 0.487 e. The number of amides is 1. The summed E-state index contributed by atoms with van der Waals surface area (Å²) in [7, 11) is 0. The Morgan fingerprint density at radius 3 is 2.73 bits per heavy atom. The predicted molar refractivity (Wildman–Crippen MR) is 102 cm³/mol. The third-order valence-electron chi connectivity index (χ3n) is 3.77. The van der Waals surface area contributed by atoms with Crippen LogP contribution >= 0.6 is 0 Å². The summed E-state index contributed by atoms with van der Waals surface area (Å²) in [5, 5.41) is 3.00. The minimum Gasteiger partial charge on any atom is -0.487 e. The Morgan fingerprint density at radius 2 is 2.00 bits per heavy atom. The van der Waals surface area contributed by atoms with Gasteiger partial charge in [0.15, 0.2) is 0 Å². The quantitative estimate of drug-likeness (QED) is 0.656. The number of carbonyl (C=O) groups is 1. The van der Waals surface area contributed by atoms with E-state index in [0.717, 1.165) is 17.0 Å². The van der Waals surface area contributed by atoms with Gasteiger partial charge in [-0.1, -0.05) is 32.0 Å². The second-order valence-electron chi connectivity index (χ2n) is 6.69. The molecule has 1 aromatic carbocycles. The maximum atomic E-state index is 12.0. The molecule has 2 rings (SSSR count). The van der Waals surface area contributed by atoms with E-state index in [2.05, 4.69) is 24.1 Å². The maximum absolute atomic E-state index is 12.0. The SMILES string of the molecule is CC(C)COCCC(=O)NC(C)c1cccc(OCc2ccccn2)c1. The fraction of sp³-hybridized carbons (Fsp3) is 0.429. The van der Waals surface area contributed by atoms with Gasteiger partial charge in [0, 0.05) is 19.2 Å². The van der Waals surface area contributed by atoms with E-state index in [1.807, 2.05) is 49.4 Å². The number of rotatable bonds is 10. The van der Waals surface area contributed by atoms with Gasteiger partial charge < -0.3 is 14.8 Å². The van der Waals surface area contributed by atoms with Crippen LogP contribution in [0.25, 0.3) is 0 Å². The molecule has 0 fully saturated rings. The van der Waals surface area contributed by atoms with Gasteiger partial charge in [0.25, 0.3) is 0 Å². The summed E-state index contributed by atoms with van der Waals surface area (Å²) >= 11 is 0. The Balaban J connectivity index is 1.81. The molecule has 5 nitrogen and oxygen atoms in total. The second-order valence-corrected chi connectivity index (χ2v) is 6.69. The molecule has 0 radical (unpaired) electrons. The molecule has 0 bridgehead atoms. The molecule has 1 atom stereocenters. The zero-order chi connectivity index (χ0) is 18.8. The van der Waals surface area contributed by atoms with E-state index < -0.39 is 0 Å². The van der Waals surface area contributed by atoms with Gasteiger partial charge in [0.1, 0.15) is 12.4 Å². The summed E-state index contributed by atoms with van der Waals surface area (Å²) in [6, 6.07) is 13.4. The highest BCUT2D eigenvalue weighted by molar-refractivity contribution is 5.76. The Hall–Kier alpha value is -2.40. The van der Waals surface area contributed by atoms with Crippen LogP contribution in [0.2, 0.25) is 0 Å². The highest BCUT2D eigenvalue weighted by atomic mass is 16.5. The zero-order valence-corrected chi connectivity index (χ0v) is 15.8. The van der Waals surface area contributed by atoms with Crippen molar-refractivity contribution in [1.29, 1.82) is 0 Å². The van der Waals surface area contributed by atoms with Crippen LogP contribution in [-0.2, 0) is 16.1 Å². The molecule has 26 heavy (non-hydrogen) atoms. The first-order valence-electron chi connectivity index (χ1n) is 9.04. The summed E-state index contributed by atoms with van der Waals surface area (Å²) in [6.07, 6.45) is 2.12. The third kappa shape index (κ3) is 7.23. The number of nitrogens with one attached hydrogen (secondary N) is 1. The lowest BCUT2D eigenvalue weighted by Gasteiger charge is -2.16. The van der Waals surface area contributed by atoms with Gasteiger partial charge in [-0.2, -0.15) is 0 Å². The zero-order valence-electron chi connectivity index (χ0n) is 15.8. The Bertz CT molecular complexity index is 674. The van der Waals surface area contributed by atoms with Crippen molar-refractivity contribution in [2.75, 3.05) is 13.2 Å². The van der Waals surface area contributed by atoms with Crippen LogP contribution in [-0.4, -0.2) is 24.1 Å². The molecular formula is C21H28N2O3. The van der Waals surface area contributed by atoms with E-state index in [1.165, 1.54) is 0 Å². The standard InChI is InChI=1S/C21H28N2O3/c1-16(2)14-25-12-10-21(24)23-17(3)18-7-6-9-20(13-18)26-15-19-8-4-5-11-22-19/h4-9,11,13,16-17H,10,12,14-15H2,1-3H3,(H,23,24). The van der Waals surface area contributed by atoms with Crippen LogP contribution in [0.3, 0.4) is 0 Å². The van der Waals surface area contributed by atoms with Gasteiger partial charge in [-0.3, -0.25) is 9.78 Å². The first kappa shape index (κ1) is 19.9. The average molecular weight is 356 g/mol. The first-order valence-corrected chi connectivity index (χ1v) is 9.04. The number of aromatic nitrogens is 1. The predicted octanol–water partition coefficient (Wildman–Crippen LogP) is 3.90. The molecule has 2 aromatic rings. The number of hydrogen-bond acceptors (Lipinski definition) is 4. The summed E-state index contributed by atoms with van der Waals surface area (Å²) in [5.41, 5.74) is 1.88. The van der Waals surface area contributed by atoms with Crippen LogP contribution in [0.15, 0.2) is 48.7 Å². The molecule has 1 aromatic heterocycles. The molecule has 5 heteroatoms. The summed E-state index contributed by atoms with van der Waals surface area (Å²) in [5.74, 6) is 1.22. The number of ether oxygens (including phenoxy) is 2. The fourth-order valence-electron chi connectivity index (χ4n) is 2.40. The lowest BCUT2D eigenvalue weighted by molar-refractivity contribution is -0.122. The number of pyridine rings is 1. The molecule has 1 unspecified atom stereocenters. The lowest BCUT2D eigenvalue weighted by atomic mass is 10.1. The molecule has 0 spiro atoms. The van der Waals surface area contributed by atoms with E-state index >= 15 is 0 Å². The van der Waals surface area contributed by atoms with Crippen LogP contribution in [0.5, 0.6) is 5.75 Å². The van der Waals surface area contributed by atoms with Gasteiger partial charge in [-0.05, 0) is 42.7 Å². The van der Waals surface area contributed by atoms with Crippen molar-refractivity contribution in [3.05, 3.63) is 59.9 Å². The Morgan fingerprint density at radius 1 is 1.15 bits per heavy atom. The van der Waals surface area contributed by atoms with Crippen molar-refractivity contribution >= 4 is 5.91 Å². The van der Waals surface area contributed by atoms with E-state index in [-0.39, 0.29) is 11.9 Å². The number of hydrogen-bond donors (Lipinski definition) is 1. The molecule has 1 N–H and O–H groups in total. The third-order valence-corrected chi connectivity index (χ3v) is 3.77. The molecule has 0 saturated carbocycles. The number of nitrogens with zero attached hydrogens (tertiary/aromatic N) is 1. The van der Waals surface area contributed by atoms with Gasteiger partial charge >= 0.3 is 0 Å². The summed E-state index contributed by atoms with van der Waals surface area (Å²) in [6.45, 7) is 7.68. The summed E-state index contributed by atoms with van der Waals surface area (Å²) in [4.78, 5) is 16.3. The maximum Gasteiger partial charge on any atom is 0.222 e. The van der Waals surface area contributed by atoms with Gasteiger partial charge in [-0.15, -0.1) is 0 Å². The van der Waals surface area contributed by atoms with Crippen LogP contribution in [0.1, 0.15) is 44.5 Å². The minimum absolute atomic E-state index is 0.0129. The minimum atomic E-state index is -0.0917. The fourth-order valence-corrected chi connectivity index (χ4v) is 2.40. The average Bonchev–Trinajstić information content (AvgIpc) is 2.64. The second kappa shape index (κ2) is 10.6. The van der Waals surface area contributed by atoms with E-state index in [0.29, 0.717) is 32.2 Å². The van der Waals surface area contributed by atoms with Crippen molar-refractivity contribution in [3.8, 4) is 5.75 Å². The lowest BCUT2D eigenvalue weighted by Crippen LogP contribution is -2.27. The van der Waals surface area contributed by atoms with Crippen LogP contribution in [0, 0.1) is 5.92 Å². The molecule has 1 amide bonds. The monoisotopic (exact) mass is 356 g/mol. The molecule has 0 aliphatic carbocycles. The van der Waals surface area contributed by atoms with Crippen molar-refractivity contribution in [2.45, 2.75) is 39.8 Å². The molecule has 1 heterocycles. The van der Waals surface area contributed by atoms with Crippen molar-refractivity contribution < 1.29 is 14.3 Å². The number of carbonyl (C=O) groups excluding carboxylic acids is 1. The summed E-state index contributed by atoms with van der Waals surface area (Å²) < 4.78 is 11.3. The number of benzene rings is 1. The van der Waals surface area contributed by atoms with E-state index in [9.17, 15) is 4.79 Å². The molecule has 0 saturated heterocycles. The van der Waals surface area contributed by atoms with E-state index in [4.69, 9.17) is 9.47 Å². The van der Waals surface area contributed by atoms with Crippen molar-refractivity contribution in [2.24, 2.45) is 5.92 Å². The first-order chi connectivity index (χ1) is 12.5. The van der Waals surface area contributed by atoms with E-state index in [1.54, 1.807) is 6.20 Å². The van der Waals surface area contributed by atoms with Crippen molar-refractivity contribution in [3.63, 3.8) is 0 Å². The Labute approximate surface area is 155 Å². The Kier molecular flexibility index (Phi) is 8.09. The van der Waals surface area contributed by atoms with Crippen molar-refractivity contribution in [1.82, 2.24) is 10.3 Å². The van der Waals surface area contributed by atoms with Gasteiger partial charge in [0.05, 0.1) is 18.3 Å². The molecule has 0 aliphatic heterocycles. The molecular weight excluding hydrogens is 328 g/mol. The molecule has 140 valence electrons.